The molecule has 1 amide bonds. The summed E-state index contributed by atoms with van der Waals surface area (Å²) < 4.78 is 78.8. The van der Waals surface area contributed by atoms with Gasteiger partial charge in [-0.1, -0.05) is 6.07 Å². The zero-order valence-corrected chi connectivity index (χ0v) is 18.9. The van der Waals surface area contributed by atoms with E-state index in [1.807, 2.05) is 0 Å². The Kier molecular flexibility index (Phi) is 7.95. The maximum atomic E-state index is 13.9. The lowest BCUT2D eigenvalue weighted by molar-refractivity contribution is -0.141. The van der Waals surface area contributed by atoms with Crippen molar-refractivity contribution in [1.29, 1.82) is 0 Å². The third kappa shape index (κ3) is 6.27. The average molecular weight is 498 g/mol. The van der Waals surface area contributed by atoms with Crippen LogP contribution in [0.5, 0.6) is 11.5 Å². The highest BCUT2D eigenvalue weighted by Crippen LogP contribution is 2.32. The van der Waals surface area contributed by atoms with E-state index < -0.39 is 35.0 Å². The lowest BCUT2D eigenvalue weighted by atomic mass is 10.1. The number of carbonyl (C=O) groups excluding carboxylic acids is 1. The number of hydrogen-bond acceptors (Lipinski definition) is 5. The maximum Gasteiger partial charge on any atom is 0.435 e. The van der Waals surface area contributed by atoms with Crippen LogP contribution in [0.25, 0.3) is 0 Å². The van der Waals surface area contributed by atoms with Gasteiger partial charge in [-0.2, -0.15) is 18.3 Å². The Balaban J connectivity index is 1.80. The van der Waals surface area contributed by atoms with Crippen molar-refractivity contribution in [3.63, 3.8) is 0 Å². The first-order valence-electron chi connectivity index (χ1n) is 10.4. The van der Waals surface area contributed by atoms with E-state index >= 15 is 0 Å². The molecule has 0 fully saturated rings. The van der Waals surface area contributed by atoms with Crippen molar-refractivity contribution in [3.05, 3.63) is 76.6 Å². The fourth-order valence-electron chi connectivity index (χ4n) is 3.38. The second-order valence-electron chi connectivity index (χ2n) is 7.59. The summed E-state index contributed by atoms with van der Waals surface area (Å²) in [6, 6.07) is 7.76. The van der Waals surface area contributed by atoms with Gasteiger partial charge in [-0.05, 0) is 29.8 Å². The standard InChI is InChI=1S/C23H23F5N4O3/c1-31-12-17(21(30-31)23(26,27)28)22(33)32(8-7-29)11-14-3-6-19(20(9-14)34-2)35-13-15-4-5-16(24)10-18(15)25/h3-6,9-10,12H,7-8,11,13,29H2,1-2H3. The van der Waals surface area contributed by atoms with Crippen LogP contribution in [0.15, 0.2) is 42.6 Å². The van der Waals surface area contributed by atoms with Crippen molar-refractivity contribution >= 4 is 5.91 Å². The number of aryl methyl sites for hydroxylation is 1. The first kappa shape index (κ1) is 25.9. The molecule has 0 radical (unpaired) electrons. The molecule has 1 heterocycles. The molecule has 7 nitrogen and oxygen atoms in total. The summed E-state index contributed by atoms with van der Waals surface area (Å²) in [5.74, 6) is -1.84. The topological polar surface area (TPSA) is 82.6 Å². The van der Waals surface area contributed by atoms with Crippen molar-refractivity contribution in [2.45, 2.75) is 19.3 Å². The monoisotopic (exact) mass is 498 g/mol. The first-order valence-corrected chi connectivity index (χ1v) is 10.4. The predicted octanol–water partition coefficient (Wildman–Crippen LogP) is 3.91. The number of halogens is 5. The fraction of sp³-hybridized carbons (Fsp3) is 0.304. The van der Waals surface area contributed by atoms with E-state index in [1.165, 1.54) is 31.2 Å². The number of methoxy groups -OCH3 is 1. The number of nitrogens with zero attached hydrogens (tertiary/aromatic N) is 3. The van der Waals surface area contributed by atoms with Gasteiger partial charge in [-0.25, -0.2) is 8.78 Å². The second kappa shape index (κ2) is 10.7. The van der Waals surface area contributed by atoms with Gasteiger partial charge in [-0.15, -0.1) is 0 Å². The molecule has 0 bridgehead atoms. The van der Waals surface area contributed by atoms with Gasteiger partial charge in [0.05, 0.1) is 12.7 Å². The van der Waals surface area contributed by atoms with Gasteiger partial charge < -0.3 is 20.1 Å². The Morgan fingerprint density at radius 3 is 2.51 bits per heavy atom. The number of aromatic nitrogens is 2. The van der Waals surface area contributed by atoms with Crippen LogP contribution in [-0.4, -0.2) is 40.8 Å². The summed E-state index contributed by atoms with van der Waals surface area (Å²) in [4.78, 5) is 14.1. The number of hydrogen-bond donors (Lipinski definition) is 1. The Labute approximate surface area is 197 Å². The highest BCUT2D eigenvalue weighted by Gasteiger charge is 2.39. The van der Waals surface area contributed by atoms with Crippen molar-refractivity contribution in [1.82, 2.24) is 14.7 Å². The zero-order chi connectivity index (χ0) is 25.8. The molecule has 188 valence electrons. The highest BCUT2D eigenvalue weighted by atomic mass is 19.4. The van der Waals surface area contributed by atoms with E-state index in [2.05, 4.69) is 5.10 Å². The number of ether oxygens (including phenoxy) is 2. The Bertz CT molecular complexity index is 1200. The van der Waals surface area contributed by atoms with Gasteiger partial charge in [0.25, 0.3) is 5.91 Å². The Morgan fingerprint density at radius 2 is 1.89 bits per heavy atom. The van der Waals surface area contributed by atoms with E-state index in [4.69, 9.17) is 15.2 Å². The average Bonchev–Trinajstić information content (AvgIpc) is 3.20. The van der Waals surface area contributed by atoms with Gasteiger partial charge in [0.15, 0.2) is 17.2 Å². The van der Waals surface area contributed by atoms with Gasteiger partial charge >= 0.3 is 6.18 Å². The summed E-state index contributed by atoms with van der Waals surface area (Å²) in [6.07, 6.45) is -3.78. The summed E-state index contributed by atoms with van der Waals surface area (Å²) in [6.45, 7) is -0.239. The van der Waals surface area contributed by atoms with Crippen LogP contribution >= 0.6 is 0 Å². The molecule has 0 aliphatic carbocycles. The van der Waals surface area contributed by atoms with Crippen LogP contribution in [0.4, 0.5) is 22.0 Å². The zero-order valence-electron chi connectivity index (χ0n) is 18.9. The first-order chi connectivity index (χ1) is 16.5. The summed E-state index contributed by atoms with van der Waals surface area (Å²) in [7, 11) is 2.67. The lowest BCUT2D eigenvalue weighted by Gasteiger charge is -2.23. The molecule has 3 rings (SSSR count). The van der Waals surface area contributed by atoms with Crippen LogP contribution in [-0.2, 0) is 26.4 Å². The number of nitrogens with two attached hydrogens (primary N) is 1. The van der Waals surface area contributed by atoms with Crippen molar-refractivity contribution in [2.24, 2.45) is 12.8 Å². The quantitative estimate of drug-likeness (QED) is 0.453. The molecule has 0 atom stereocenters. The fourth-order valence-corrected chi connectivity index (χ4v) is 3.38. The normalized spacial score (nSPS) is 11.4. The summed E-state index contributed by atoms with van der Waals surface area (Å²) in [5, 5.41) is 3.38. The molecule has 35 heavy (non-hydrogen) atoms. The molecule has 0 unspecified atom stereocenters. The van der Waals surface area contributed by atoms with E-state index in [0.29, 0.717) is 5.56 Å². The molecular formula is C23H23F5N4O3. The molecule has 0 spiro atoms. The SMILES string of the molecule is COc1cc(CN(CCN)C(=O)c2cn(C)nc2C(F)(F)F)ccc1OCc1ccc(F)cc1F. The Morgan fingerprint density at radius 1 is 1.14 bits per heavy atom. The van der Waals surface area contributed by atoms with Crippen LogP contribution in [0, 0.1) is 11.6 Å². The van der Waals surface area contributed by atoms with Crippen LogP contribution in [0.2, 0.25) is 0 Å². The maximum absolute atomic E-state index is 13.9. The minimum atomic E-state index is -4.80. The van der Waals surface area contributed by atoms with Crippen molar-refractivity contribution in [3.8, 4) is 11.5 Å². The summed E-state index contributed by atoms with van der Waals surface area (Å²) in [5.41, 5.74) is 4.39. The van der Waals surface area contributed by atoms with Crippen LogP contribution in [0.1, 0.15) is 27.2 Å². The molecule has 2 N–H and O–H groups in total. The minimum Gasteiger partial charge on any atom is -0.493 e. The number of amides is 1. The Hall–Kier alpha value is -3.67. The van der Waals surface area contributed by atoms with Gasteiger partial charge in [0.1, 0.15) is 18.2 Å². The van der Waals surface area contributed by atoms with Gasteiger partial charge in [-0.3, -0.25) is 9.48 Å². The molecule has 2 aromatic carbocycles. The molecule has 1 aromatic heterocycles. The van der Waals surface area contributed by atoms with Gasteiger partial charge in [0.2, 0.25) is 0 Å². The van der Waals surface area contributed by atoms with E-state index in [9.17, 15) is 26.7 Å². The predicted molar refractivity (Wildman–Crippen MR) is 116 cm³/mol. The van der Waals surface area contributed by atoms with E-state index in [0.717, 1.165) is 23.0 Å². The third-order valence-electron chi connectivity index (χ3n) is 5.01. The molecule has 0 saturated carbocycles. The molecule has 3 aromatic rings. The van der Waals surface area contributed by atoms with E-state index in [-0.39, 0.29) is 43.3 Å². The smallest absolute Gasteiger partial charge is 0.435 e. The van der Waals surface area contributed by atoms with E-state index in [1.54, 1.807) is 12.1 Å². The third-order valence-corrected chi connectivity index (χ3v) is 5.01. The number of alkyl halides is 3. The number of carbonyl (C=O) groups is 1. The highest BCUT2D eigenvalue weighted by molar-refractivity contribution is 5.95. The number of rotatable bonds is 9. The molecule has 0 aliphatic heterocycles. The molecular weight excluding hydrogens is 475 g/mol. The van der Waals surface area contributed by atoms with Crippen LogP contribution < -0.4 is 15.2 Å². The largest absolute Gasteiger partial charge is 0.493 e. The minimum absolute atomic E-state index is 0.00453. The van der Waals surface area contributed by atoms with Crippen molar-refractivity contribution < 1.29 is 36.2 Å². The van der Waals surface area contributed by atoms with Crippen molar-refractivity contribution in [2.75, 3.05) is 20.2 Å². The number of benzene rings is 2. The molecule has 0 aliphatic rings. The summed E-state index contributed by atoms with van der Waals surface area (Å²) >= 11 is 0. The molecule has 0 saturated heterocycles. The second-order valence-corrected chi connectivity index (χ2v) is 7.59. The lowest BCUT2D eigenvalue weighted by Crippen LogP contribution is -2.35. The molecule has 12 heteroatoms. The van der Waals surface area contributed by atoms with Gasteiger partial charge in [0, 0.05) is 44.5 Å². The van der Waals surface area contributed by atoms with Crippen LogP contribution in [0.3, 0.4) is 0 Å².